The van der Waals surface area contributed by atoms with Crippen LogP contribution in [0.15, 0.2) is 66.7 Å². The van der Waals surface area contributed by atoms with Gasteiger partial charge in [-0.05, 0) is 61.0 Å². The molecule has 3 aromatic carbocycles. The second-order valence-electron chi connectivity index (χ2n) is 8.55. The minimum absolute atomic E-state index is 0.131. The van der Waals surface area contributed by atoms with Gasteiger partial charge in [-0.3, -0.25) is 0 Å². The second-order valence-corrected chi connectivity index (χ2v) is 9.56. The molecule has 1 heterocycles. The highest BCUT2D eigenvalue weighted by Gasteiger charge is 2.38. The van der Waals surface area contributed by atoms with Gasteiger partial charge in [-0.2, -0.15) is 26.3 Å². The highest BCUT2D eigenvalue weighted by molar-refractivity contribution is 7.22. The van der Waals surface area contributed by atoms with Gasteiger partial charge in [-0.15, -0.1) is 0 Å². The number of nitrogens with two attached hydrogens (primary N) is 1. The SMILES string of the molecule is CN(Cc1ccc(OCCCN)cc1)c1nc2ccc(Oc3cccc(C(F)(F)F)c3)cc2s1.O=C(O)C(F)(F)F. The zero-order valence-electron chi connectivity index (χ0n) is 21.5. The van der Waals surface area contributed by atoms with Gasteiger partial charge in [0, 0.05) is 19.7 Å². The normalized spacial score (nSPS) is 11.5. The maximum Gasteiger partial charge on any atom is 0.490 e. The van der Waals surface area contributed by atoms with Crippen LogP contribution in [0.1, 0.15) is 17.5 Å². The Labute approximate surface area is 234 Å². The molecule has 0 radical (unpaired) electrons. The summed E-state index contributed by atoms with van der Waals surface area (Å²) in [4.78, 5) is 15.6. The molecule has 0 bridgehead atoms. The molecular weight excluding hydrogens is 576 g/mol. The molecule has 4 rings (SSSR count). The van der Waals surface area contributed by atoms with E-state index in [1.54, 1.807) is 18.2 Å². The second kappa shape index (κ2) is 13.5. The largest absolute Gasteiger partial charge is 0.494 e. The molecular formula is C27H25F6N3O4S. The summed E-state index contributed by atoms with van der Waals surface area (Å²) in [6, 6.07) is 18.0. The van der Waals surface area contributed by atoms with Crippen LogP contribution >= 0.6 is 11.3 Å². The third-order valence-corrected chi connectivity index (χ3v) is 6.41. The van der Waals surface area contributed by atoms with E-state index in [1.807, 2.05) is 36.2 Å². The molecule has 4 aromatic rings. The lowest BCUT2D eigenvalue weighted by molar-refractivity contribution is -0.192. The van der Waals surface area contributed by atoms with Crippen molar-refractivity contribution in [3.8, 4) is 17.2 Å². The van der Waals surface area contributed by atoms with Crippen molar-refractivity contribution in [1.29, 1.82) is 0 Å². The first-order chi connectivity index (χ1) is 19.3. The summed E-state index contributed by atoms with van der Waals surface area (Å²) in [5, 5.41) is 7.95. The van der Waals surface area contributed by atoms with Gasteiger partial charge in [0.1, 0.15) is 17.2 Å². The Hall–Kier alpha value is -4.04. The fraction of sp³-hybridized carbons (Fsp3) is 0.259. The highest BCUT2D eigenvalue weighted by atomic mass is 32.1. The Morgan fingerprint density at radius 1 is 0.976 bits per heavy atom. The molecule has 0 fully saturated rings. The van der Waals surface area contributed by atoms with Gasteiger partial charge in [0.05, 0.1) is 22.4 Å². The summed E-state index contributed by atoms with van der Waals surface area (Å²) in [6.45, 7) is 1.86. The fourth-order valence-corrected chi connectivity index (χ4v) is 4.25. The minimum atomic E-state index is -5.08. The molecule has 0 amide bonds. The molecule has 0 saturated carbocycles. The van der Waals surface area contributed by atoms with Gasteiger partial charge < -0.3 is 25.2 Å². The van der Waals surface area contributed by atoms with Crippen molar-refractivity contribution in [2.45, 2.75) is 25.3 Å². The maximum absolute atomic E-state index is 13.0. The van der Waals surface area contributed by atoms with Gasteiger partial charge in [-0.1, -0.05) is 29.5 Å². The van der Waals surface area contributed by atoms with Crippen LogP contribution in [0.2, 0.25) is 0 Å². The first kappa shape index (κ1) is 31.5. The third-order valence-electron chi connectivity index (χ3n) is 5.28. The monoisotopic (exact) mass is 601 g/mol. The molecule has 7 nitrogen and oxygen atoms in total. The Kier molecular flexibility index (Phi) is 10.4. The van der Waals surface area contributed by atoms with Crippen LogP contribution in [0.25, 0.3) is 10.2 Å². The standard InChI is InChI=1S/C25H24F3N3O2S.C2HF3O2/c1-31(16-17-6-8-19(9-7-17)32-13-3-12-29)24-30-22-11-10-21(15-23(22)34-24)33-20-5-2-4-18(14-20)25(26,27)28;3-2(4,5)1(6)7/h2,4-11,14-15H,3,12-13,16,29H2,1H3;(H,6,7). The third kappa shape index (κ3) is 9.53. The van der Waals surface area contributed by atoms with Crippen LogP contribution in [0, 0.1) is 0 Å². The van der Waals surface area contributed by atoms with E-state index in [0.717, 1.165) is 45.2 Å². The number of carboxylic acids is 1. The summed E-state index contributed by atoms with van der Waals surface area (Å²) in [7, 11) is 1.96. The lowest BCUT2D eigenvalue weighted by Crippen LogP contribution is -2.21. The van der Waals surface area contributed by atoms with Gasteiger partial charge in [0.2, 0.25) is 0 Å². The average molecular weight is 602 g/mol. The number of benzene rings is 3. The van der Waals surface area contributed by atoms with Crippen LogP contribution < -0.4 is 20.1 Å². The molecule has 0 saturated heterocycles. The molecule has 0 unspecified atom stereocenters. The number of hydrogen-bond acceptors (Lipinski definition) is 7. The average Bonchev–Trinajstić information content (AvgIpc) is 3.33. The summed E-state index contributed by atoms with van der Waals surface area (Å²) in [5.74, 6) is -1.36. The molecule has 0 aliphatic carbocycles. The Bertz CT molecular complexity index is 1440. The Balaban J connectivity index is 0.000000587. The van der Waals surface area contributed by atoms with Crippen LogP contribution in [-0.2, 0) is 17.5 Å². The summed E-state index contributed by atoms with van der Waals surface area (Å²) < 4.78 is 82.8. The molecule has 0 spiro atoms. The molecule has 3 N–H and O–H groups in total. The predicted molar refractivity (Wildman–Crippen MR) is 143 cm³/mol. The number of aliphatic carboxylic acids is 1. The van der Waals surface area contributed by atoms with Crippen LogP contribution in [0.4, 0.5) is 31.5 Å². The van der Waals surface area contributed by atoms with Gasteiger partial charge in [-0.25, -0.2) is 9.78 Å². The van der Waals surface area contributed by atoms with Crippen molar-refractivity contribution in [2.75, 3.05) is 25.1 Å². The molecule has 41 heavy (non-hydrogen) atoms. The quantitative estimate of drug-likeness (QED) is 0.156. The number of anilines is 1. The lowest BCUT2D eigenvalue weighted by atomic mass is 10.2. The number of alkyl halides is 6. The number of hydrogen-bond donors (Lipinski definition) is 2. The molecule has 14 heteroatoms. The van der Waals surface area contributed by atoms with Crippen molar-refractivity contribution < 1.29 is 45.7 Å². The smallest absolute Gasteiger partial charge is 0.490 e. The number of carboxylic acid groups (broad SMARTS) is 1. The topological polar surface area (TPSA) is 97.9 Å². The summed E-state index contributed by atoms with van der Waals surface area (Å²) in [6.07, 6.45) is -8.69. The summed E-state index contributed by atoms with van der Waals surface area (Å²) >= 11 is 1.49. The highest BCUT2D eigenvalue weighted by Crippen LogP contribution is 2.35. The number of aromatic nitrogens is 1. The molecule has 0 aliphatic heterocycles. The van der Waals surface area contributed by atoms with Gasteiger partial charge >= 0.3 is 18.3 Å². The first-order valence-electron chi connectivity index (χ1n) is 11.9. The number of fused-ring (bicyclic) bond motifs is 1. The van der Waals surface area contributed by atoms with Crippen molar-refractivity contribution in [3.63, 3.8) is 0 Å². The number of carbonyl (C=O) groups is 1. The van der Waals surface area contributed by atoms with Crippen LogP contribution in [0.3, 0.4) is 0 Å². The Morgan fingerprint density at radius 3 is 2.22 bits per heavy atom. The van der Waals surface area contributed by atoms with E-state index in [0.29, 0.717) is 25.4 Å². The van der Waals surface area contributed by atoms with E-state index >= 15 is 0 Å². The van der Waals surface area contributed by atoms with Crippen molar-refractivity contribution in [3.05, 3.63) is 77.9 Å². The minimum Gasteiger partial charge on any atom is -0.494 e. The number of halogens is 6. The number of thiazole rings is 1. The van der Waals surface area contributed by atoms with Crippen molar-refractivity contribution in [2.24, 2.45) is 5.73 Å². The van der Waals surface area contributed by atoms with Crippen molar-refractivity contribution >= 4 is 32.7 Å². The Morgan fingerprint density at radius 2 is 1.61 bits per heavy atom. The molecule has 220 valence electrons. The van der Waals surface area contributed by atoms with E-state index in [2.05, 4.69) is 4.98 Å². The van der Waals surface area contributed by atoms with E-state index in [-0.39, 0.29) is 5.75 Å². The molecule has 0 aliphatic rings. The van der Waals surface area contributed by atoms with Crippen LogP contribution in [-0.4, -0.2) is 42.4 Å². The van der Waals surface area contributed by atoms with Crippen LogP contribution in [0.5, 0.6) is 17.2 Å². The predicted octanol–water partition coefficient (Wildman–Crippen LogP) is 7.10. The molecule has 0 atom stereocenters. The zero-order chi connectivity index (χ0) is 30.2. The van der Waals surface area contributed by atoms with Gasteiger partial charge in [0.25, 0.3) is 0 Å². The van der Waals surface area contributed by atoms with Gasteiger partial charge in [0.15, 0.2) is 5.13 Å². The number of ether oxygens (including phenoxy) is 2. The van der Waals surface area contributed by atoms with E-state index < -0.39 is 23.9 Å². The van der Waals surface area contributed by atoms with E-state index in [4.69, 9.17) is 25.1 Å². The number of rotatable bonds is 9. The zero-order valence-corrected chi connectivity index (χ0v) is 22.3. The van der Waals surface area contributed by atoms with E-state index in [9.17, 15) is 26.3 Å². The lowest BCUT2D eigenvalue weighted by Gasteiger charge is -2.16. The van der Waals surface area contributed by atoms with Crippen molar-refractivity contribution in [1.82, 2.24) is 4.98 Å². The number of nitrogens with zero attached hydrogens (tertiary/aromatic N) is 2. The van der Waals surface area contributed by atoms with E-state index in [1.165, 1.54) is 23.5 Å². The first-order valence-corrected chi connectivity index (χ1v) is 12.8. The summed E-state index contributed by atoms with van der Waals surface area (Å²) in [5.41, 5.74) is 6.65. The fourth-order valence-electron chi connectivity index (χ4n) is 3.30. The maximum atomic E-state index is 13.0. The molecule has 1 aromatic heterocycles.